The van der Waals surface area contributed by atoms with Gasteiger partial charge >= 0.3 is 6.09 Å². The minimum atomic E-state index is -0.666. The Labute approximate surface area is 119 Å². The molecule has 0 radical (unpaired) electrons. The molecule has 5 heteroatoms. The summed E-state index contributed by atoms with van der Waals surface area (Å²) in [5.41, 5.74) is 2.02. The highest BCUT2D eigenvalue weighted by molar-refractivity contribution is 5.81. The fourth-order valence-electron chi connectivity index (χ4n) is 1.58. The maximum atomic E-state index is 11.6. The van der Waals surface area contributed by atoms with Gasteiger partial charge in [0.05, 0.1) is 0 Å². The van der Waals surface area contributed by atoms with Gasteiger partial charge in [-0.15, -0.1) is 0 Å². The first kappa shape index (κ1) is 15.8. The fraction of sp³-hybridized carbons (Fsp3) is 0.333. The third kappa shape index (κ3) is 4.42. The molecule has 0 atom stereocenters. The SMILES string of the molecule is CCN(C=O)C(=O)O/C(C)=C/c1ccc(N(C)C)cc1. The number of hydrogen-bond acceptors (Lipinski definition) is 4. The van der Waals surface area contributed by atoms with Crippen LogP contribution in [0.4, 0.5) is 10.5 Å². The van der Waals surface area contributed by atoms with Gasteiger partial charge in [0.1, 0.15) is 5.76 Å². The molecule has 0 aliphatic carbocycles. The molecule has 0 spiro atoms. The Morgan fingerprint density at radius 1 is 1.25 bits per heavy atom. The van der Waals surface area contributed by atoms with Gasteiger partial charge in [-0.3, -0.25) is 4.79 Å². The summed E-state index contributed by atoms with van der Waals surface area (Å²) in [7, 11) is 3.94. The second kappa shape index (κ2) is 7.33. The second-order valence-corrected chi connectivity index (χ2v) is 4.50. The molecule has 0 unspecified atom stereocenters. The third-order valence-corrected chi connectivity index (χ3v) is 2.73. The lowest BCUT2D eigenvalue weighted by Gasteiger charge is -2.13. The van der Waals surface area contributed by atoms with Crippen LogP contribution >= 0.6 is 0 Å². The van der Waals surface area contributed by atoms with E-state index < -0.39 is 6.09 Å². The number of benzene rings is 1. The summed E-state index contributed by atoms with van der Waals surface area (Å²) in [5, 5.41) is 0. The molecule has 1 aromatic rings. The number of carbonyl (C=O) groups excluding carboxylic acids is 2. The normalized spacial score (nSPS) is 10.9. The Bertz CT molecular complexity index is 492. The van der Waals surface area contributed by atoms with E-state index in [9.17, 15) is 9.59 Å². The van der Waals surface area contributed by atoms with Crippen molar-refractivity contribution in [2.75, 3.05) is 25.5 Å². The van der Waals surface area contributed by atoms with E-state index in [1.165, 1.54) is 0 Å². The summed E-state index contributed by atoms with van der Waals surface area (Å²) in [5.74, 6) is 0.438. The van der Waals surface area contributed by atoms with Crippen LogP contribution in [0.25, 0.3) is 6.08 Å². The van der Waals surface area contributed by atoms with Crippen LogP contribution in [-0.4, -0.2) is 38.0 Å². The second-order valence-electron chi connectivity index (χ2n) is 4.50. The lowest BCUT2D eigenvalue weighted by molar-refractivity contribution is -0.116. The zero-order valence-corrected chi connectivity index (χ0v) is 12.3. The van der Waals surface area contributed by atoms with Gasteiger partial charge in [-0.25, -0.2) is 9.69 Å². The number of imide groups is 1. The van der Waals surface area contributed by atoms with Gasteiger partial charge in [0.25, 0.3) is 0 Å². The summed E-state index contributed by atoms with van der Waals surface area (Å²) >= 11 is 0. The first-order valence-electron chi connectivity index (χ1n) is 6.37. The predicted octanol–water partition coefficient (Wildman–Crippen LogP) is 2.73. The summed E-state index contributed by atoms with van der Waals surface area (Å²) in [6.45, 7) is 3.66. The van der Waals surface area contributed by atoms with Crippen molar-refractivity contribution >= 4 is 24.3 Å². The molecule has 0 saturated carbocycles. The molecule has 0 aliphatic heterocycles. The highest BCUT2D eigenvalue weighted by atomic mass is 16.6. The molecule has 0 fully saturated rings. The van der Waals surface area contributed by atoms with Gasteiger partial charge in [0.15, 0.2) is 0 Å². The molecule has 0 saturated heterocycles. The van der Waals surface area contributed by atoms with Crippen LogP contribution in [0.1, 0.15) is 19.4 Å². The topological polar surface area (TPSA) is 49.9 Å². The Balaban J connectivity index is 2.73. The summed E-state index contributed by atoms with van der Waals surface area (Å²) in [6.07, 6.45) is 1.54. The van der Waals surface area contributed by atoms with Crippen molar-refractivity contribution in [1.82, 2.24) is 4.90 Å². The largest absolute Gasteiger partial charge is 0.421 e. The molecular weight excluding hydrogens is 256 g/mol. The van der Waals surface area contributed by atoms with Crippen LogP contribution in [-0.2, 0) is 9.53 Å². The van der Waals surface area contributed by atoms with E-state index in [1.54, 1.807) is 19.9 Å². The van der Waals surface area contributed by atoms with Gasteiger partial charge in [0, 0.05) is 26.3 Å². The van der Waals surface area contributed by atoms with Gasteiger partial charge in [0.2, 0.25) is 6.41 Å². The van der Waals surface area contributed by atoms with Crippen molar-refractivity contribution in [2.24, 2.45) is 0 Å². The molecule has 0 bridgehead atoms. The summed E-state index contributed by atoms with van der Waals surface area (Å²) in [4.78, 5) is 25.2. The highest BCUT2D eigenvalue weighted by Crippen LogP contribution is 2.15. The molecule has 0 heterocycles. The molecular formula is C15H20N2O3. The number of allylic oxidation sites excluding steroid dienone is 1. The minimum Gasteiger partial charge on any atom is -0.415 e. The van der Waals surface area contributed by atoms with Crippen LogP contribution in [0.15, 0.2) is 30.0 Å². The summed E-state index contributed by atoms with van der Waals surface area (Å²) < 4.78 is 5.08. The first-order chi connectivity index (χ1) is 9.47. The van der Waals surface area contributed by atoms with E-state index in [1.807, 2.05) is 43.3 Å². The van der Waals surface area contributed by atoms with Gasteiger partial charge in [-0.2, -0.15) is 0 Å². The molecule has 1 aromatic carbocycles. The molecule has 1 rings (SSSR count). The smallest absolute Gasteiger partial charge is 0.415 e. The average molecular weight is 276 g/mol. The zero-order valence-electron chi connectivity index (χ0n) is 12.3. The van der Waals surface area contributed by atoms with Crippen molar-refractivity contribution in [3.8, 4) is 0 Å². The third-order valence-electron chi connectivity index (χ3n) is 2.73. The van der Waals surface area contributed by atoms with Crippen LogP contribution in [0, 0.1) is 0 Å². The summed E-state index contributed by atoms with van der Waals surface area (Å²) in [6, 6.07) is 7.82. The van der Waals surface area contributed by atoms with E-state index in [0.717, 1.165) is 16.2 Å². The molecule has 0 aromatic heterocycles. The van der Waals surface area contributed by atoms with Crippen molar-refractivity contribution in [3.63, 3.8) is 0 Å². The van der Waals surface area contributed by atoms with Crippen molar-refractivity contribution in [2.45, 2.75) is 13.8 Å². The predicted molar refractivity (Wildman–Crippen MR) is 79.3 cm³/mol. The van der Waals surface area contributed by atoms with Gasteiger partial charge in [-0.1, -0.05) is 12.1 Å². The molecule has 0 aliphatic rings. The lowest BCUT2D eigenvalue weighted by Crippen LogP contribution is -2.29. The highest BCUT2D eigenvalue weighted by Gasteiger charge is 2.12. The van der Waals surface area contributed by atoms with Crippen LogP contribution < -0.4 is 4.90 Å². The molecule has 20 heavy (non-hydrogen) atoms. The number of nitrogens with zero attached hydrogens (tertiary/aromatic N) is 2. The Morgan fingerprint density at radius 3 is 2.30 bits per heavy atom. The number of ether oxygens (including phenoxy) is 1. The molecule has 0 N–H and O–H groups in total. The monoisotopic (exact) mass is 276 g/mol. The average Bonchev–Trinajstić information content (AvgIpc) is 2.40. The van der Waals surface area contributed by atoms with Crippen molar-refractivity contribution in [3.05, 3.63) is 35.6 Å². The molecule has 2 amide bonds. The van der Waals surface area contributed by atoms with Gasteiger partial charge < -0.3 is 9.64 Å². The van der Waals surface area contributed by atoms with E-state index in [2.05, 4.69) is 0 Å². The zero-order chi connectivity index (χ0) is 15.1. The van der Waals surface area contributed by atoms with E-state index >= 15 is 0 Å². The van der Waals surface area contributed by atoms with Crippen LogP contribution in [0.3, 0.4) is 0 Å². The van der Waals surface area contributed by atoms with E-state index in [-0.39, 0.29) is 6.54 Å². The Kier molecular flexibility index (Phi) is 5.77. The first-order valence-corrected chi connectivity index (χ1v) is 6.37. The minimum absolute atomic E-state index is 0.285. The number of rotatable bonds is 5. The maximum absolute atomic E-state index is 11.6. The van der Waals surface area contributed by atoms with E-state index in [4.69, 9.17) is 4.74 Å². The number of amides is 2. The molecule has 5 nitrogen and oxygen atoms in total. The number of hydrogen-bond donors (Lipinski definition) is 0. The maximum Gasteiger partial charge on any atom is 0.421 e. The number of anilines is 1. The lowest BCUT2D eigenvalue weighted by atomic mass is 10.2. The van der Waals surface area contributed by atoms with Crippen molar-refractivity contribution < 1.29 is 14.3 Å². The van der Waals surface area contributed by atoms with Crippen LogP contribution in [0.5, 0.6) is 0 Å². The molecule has 108 valence electrons. The fourth-order valence-corrected chi connectivity index (χ4v) is 1.58. The standard InChI is InChI=1S/C15H20N2O3/c1-5-17(11-18)15(19)20-12(2)10-13-6-8-14(9-7-13)16(3)4/h6-11H,5H2,1-4H3/b12-10+. The Morgan fingerprint density at radius 2 is 1.85 bits per heavy atom. The van der Waals surface area contributed by atoms with Crippen molar-refractivity contribution in [1.29, 1.82) is 0 Å². The van der Waals surface area contributed by atoms with Gasteiger partial charge in [-0.05, 0) is 37.6 Å². The Hall–Kier alpha value is -2.30. The van der Waals surface area contributed by atoms with E-state index in [0.29, 0.717) is 12.2 Å². The van der Waals surface area contributed by atoms with Crippen LogP contribution in [0.2, 0.25) is 0 Å². The quantitative estimate of drug-likeness (QED) is 0.613. The number of carbonyl (C=O) groups is 2.